The van der Waals surface area contributed by atoms with Crippen molar-refractivity contribution in [3.05, 3.63) is 279 Å². The lowest BCUT2D eigenvalue weighted by atomic mass is 10.0. The Bertz CT molecular complexity index is 7000. The van der Waals surface area contributed by atoms with Crippen molar-refractivity contribution in [3.8, 4) is 0 Å². The first-order chi connectivity index (χ1) is 72.0. The van der Waals surface area contributed by atoms with Crippen LogP contribution in [-0.2, 0) is 51.7 Å². The van der Waals surface area contributed by atoms with Crippen molar-refractivity contribution >= 4 is 194 Å². The Balaban J connectivity index is 0.000000133. The maximum absolute atomic E-state index is 12.9. The molecule has 0 atom stereocenters. The Kier molecular flexibility index (Phi) is 38.8. The van der Waals surface area contributed by atoms with Gasteiger partial charge in [0.2, 0.25) is 0 Å². The van der Waals surface area contributed by atoms with E-state index in [1.165, 1.54) is 43.9 Å². The summed E-state index contributed by atoms with van der Waals surface area (Å²) in [6.45, 7) is 43.4. The smallest absolute Gasteiger partial charge is 0.258 e. The van der Waals surface area contributed by atoms with Gasteiger partial charge in [0, 0.05) is 202 Å². The number of halogens is 7. The Morgan fingerprint density at radius 2 is 0.537 bits per heavy atom. The van der Waals surface area contributed by atoms with Gasteiger partial charge in [-0.3, -0.25) is 43.6 Å². The summed E-state index contributed by atoms with van der Waals surface area (Å²) in [6, 6.07) is 37.0. The molecule has 5 fully saturated rings. The molecule has 149 heavy (non-hydrogen) atoms. The van der Waals surface area contributed by atoms with Gasteiger partial charge in [-0.2, -0.15) is 10.2 Å². The van der Waals surface area contributed by atoms with Gasteiger partial charge in [0.25, 0.3) is 29.5 Å². The zero-order chi connectivity index (χ0) is 105. The second kappa shape index (κ2) is 52.4. The fourth-order valence-electron chi connectivity index (χ4n) is 18.8. The molecule has 20 rings (SSSR count). The zero-order valence-electron chi connectivity index (χ0n) is 85.5. The lowest BCUT2D eigenvalue weighted by Gasteiger charge is -2.26. The summed E-state index contributed by atoms with van der Waals surface area (Å²) in [5.74, 6) is -0.957. The van der Waals surface area contributed by atoms with Crippen LogP contribution < -0.4 is 26.6 Å². The highest BCUT2D eigenvalue weighted by atomic mass is 35.5. The molecule has 0 radical (unpaired) electrons. The number of aryl methyl sites for hydroxylation is 10. The topological polar surface area (TPSA) is 314 Å². The number of rotatable bonds is 29. The molecule has 38 heteroatoms. The van der Waals surface area contributed by atoms with Gasteiger partial charge in [0.1, 0.15) is 16.9 Å². The first-order valence-corrected chi connectivity index (χ1v) is 53.4. The van der Waals surface area contributed by atoms with Crippen molar-refractivity contribution in [1.82, 2.24) is 82.7 Å². The number of hydrogen-bond acceptors (Lipinski definition) is 21. The highest BCUT2D eigenvalue weighted by molar-refractivity contribution is 6.42. The first kappa shape index (κ1) is 110. The normalized spacial score (nSPS) is 14.9. The number of nitrogens with one attached hydrogen (secondary N) is 5. The molecule has 784 valence electrons. The van der Waals surface area contributed by atoms with Crippen LogP contribution in [0.3, 0.4) is 0 Å². The number of fused-ring (bicyclic) bond motifs is 5. The van der Waals surface area contributed by atoms with E-state index >= 15 is 0 Å². The second-order valence-electron chi connectivity index (χ2n) is 38.3. The molecule has 5 N–H and O–H groups in total. The van der Waals surface area contributed by atoms with Crippen LogP contribution in [0.5, 0.6) is 0 Å². The number of nitrogens with zero attached hydrogens (tertiary/aromatic N) is 17. The van der Waals surface area contributed by atoms with Gasteiger partial charge >= 0.3 is 0 Å². The summed E-state index contributed by atoms with van der Waals surface area (Å²) in [6.07, 6.45) is 19.7. The summed E-state index contributed by atoms with van der Waals surface area (Å²) in [7, 11) is 0. The number of anilines is 5. The Morgan fingerprint density at radius 3 is 0.812 bits per heavy atom. The fourth-order valence-corrected chi connectivity index (χ4v) is 20.9. The number of carbonyl (C=O) groups excluding carboxylic acids is 5. The van der Waals surface area contributed by atoms with Crippen molar-refractivity contribution in [3.63, 3.8) is 0 Å². The van der Waals surface area contributed by atoms with Crippen LogP contribution in [0.15, 0.2) is 171 Å². The SMILES string of the molecule is Cc1ccc(NC(=O)c2cnc3c(c(C)cn3CCCN3CCOCC3)c2Cl)cc1.Cc1ccc(NC(=O)c2cnc3c(c(C)nn3CCN3CCOCC3)c2Cl)cc1.Cc1cn(CCCN2CCCC2)c2ncc(C(=O)Nc3ccc(Cl)cc3)c(Cl)c12.Cc1cn(CCCN2CCOCC2)c2ncc(C(=O)Nc3ccc(Cl)cc3)c(Cl)c12.Cc1nn(CCN2CCOCC2)c2ncc(C(=O)Nc3ccc(C(C)C)cc3)c(Cl)c12. The largest absolute Gasteiger partial charge is 0.379 e. The Hall–Kier alpha value is -11.6. The van der Waals surface area contributed by atoms with E-state index in [0.29, 0.717) is 105 Å². The minimum absolute atomic E-state index is 0.252. The number of pyridine rings is 5. The maximum Gasteiger partial charge on any atom is 0.258 e. The molecule has 0 spiro atoms. The van der Waals surface area contributed by atoms with Crippen LogP contribution in [-0.4, -0.2) is 263 Å². The molecule has 0 aliphatic carbocycles. The number of aromatic nitrogens is 12. The van der Waals surface area contributed by atoms with Gasteiger partial charge in [0.15, 0.2) is 11.3 Å². The number of amides is 5. The standard InChI is InChI=1S/C23H28ClN5O2.C23H27ClN4O2.C22H24Cl2N4O2.C22H24Cl2N4O.C21H24ClN5O2/c1-15(2)17-4-6-18(7-5-17)26-23(30)19-14-25-22-20(21(19)24)16(3)27-29(22)9-8-28-10-12-31-13-11-28;1-16-4-6-18(7-5-16)26-23(29)19-14-25-22-20(21(19)24)17(2)15-28(22)9-3-8-27-10-12-30-13-11-27;1-15-14-28(8-2-7-27-9-11-30-12-10-27)21-19(15)20(24)18(13-25-21)22(29)26-17-5-3-16(23)4-6-17;1-15-14-28(12-4-11-27-9-2-3-10-27)21-19(15)20(24)18(13-25-21)22(29)26-17-7-5-16(23)6-8-17;1-14-3-5-16(6-4-14)24-21(28)17-13-23-20-18(19(17)22)15(2)25-27(20)8-7-26-9-11-29-12-10-26/h4-7,14-15H,8-13H2,1-3H3,(H,26,30);4-7,14-15H,3,8-13H2,1-2H3,(H,26,29);3-6,13-14H,2,7-12H2,1H3,(H,26,29);5-8,13-14H,2-4,9-12H2,1H3,(H,26,29);3-6,13H,7-12H2,1-2H3,(H,24,28). The van der Waals surface area contributed by atoms with E-state index in [1.54, 1.807) is 67.1 Å². The Morgan fingerprint density at radius 1 is 0.295 bits per heavy atom. The van der Waals surface area contributed by atoms with E-state index < -0.39 is 0 Å². The van der Waals surface area contributed by atoms with E-state index in [-0.39, 0.29) is 29.5 Å². The second-order valence-corrected chi connectivity index (χ2v) is 41.0. The third kappa shape index (κ3) is 28.4. The molecule has 5 amide bonds. The van der Waals surface area contributed by atoms with Crippen LogP contribution in [0.1, 0.15) is 148 Å². The number of morpholine rings is 4. The van der Waals surface area contributed by atoms with E-state index in [4.69, 9.17) is 100 Å². The molecule has 10 aromatic heterocycles. The molecule has 0 unspecified atom stereocenters. The van der Waals surface area contributed by atoms with Crippen LogP contribution in [0.4, 0.5) is 28.4 Å². The molecule has 5 aromatic carbocycles. The third-order valence-electron chi connectivity index (χ3n) is 27.2. The van der Waals surface area contributed by atoms with Crippen LogP contribution >= 0.6 is 81.2 Å². The number of benzene rings is 5. The molecular weight excluding hydrogens is 2030 g/mol. The quantitative estimate of drug-likeness (QED) is 0.0291. The molecule has 5 aliphatic rings. The van der Waals surface area contributed by atoms with Crippen molar-refractivity contribution in [1.29, 1.82) is 0 Å². The predicted octanol–water partition coefficient (Wildman–Crippen LogP) is 21.7. The van der Waals surface area contributed by atoms with Crippen molar-refractivity contribution in [2.45, 2.75) is 133 Å². The van der Waals surface area contributed by atoms with Crippen LogP contribution in [0, 0.1) is 48.5 Å². The van der Waals surface area contributed by atoms with E-state index in [0.717, 1.165) is 277 Å². The van der Waals surface area contributed by atoms with Crippen LogP contribution in [0.25, 0.3) is 55.2 Å². The van der Waals surface area contributed by atoms with Gasteiger partial charge in [-0.15, -0.1) is 0 Å². The number of likely N-dealkylation sites (tertiary alicyclic amines) is 1. The van der Waals surface area contributed by atoms with Gasteiger partial charge in [-0.05, 0) is 213 Å². The molecule has 5 saturated heterocycles. The lowest BCUT2D eigenvalue weighted by molar-refractivity contribution is 0.0360. The fraction of sp³-hybridized carbons (Fsp3) is 0.387. The van der Waals surface area contributed by atoms with Gasteiger partial charge in [-0.1, -0.05) is 143 Å². The molecule has 0 bridgehead atoms. The summed E-state index contributed by atoms with van der Waals surface area (Å²) in [5, 5.41) is 30.9. The first-order valence-electron chi connectivity index (χ1n) is 50.7. The van der Waals surface area contributed by atoms with Gasteiger partial charge in [-0.25, -0.2) is 34.3 Å². The molecule has 0 saturated carbocycles. The average molecular weight is 2160 g/mol. The third-order valence-corrected chi connectivity index (χ3v) is 29.6. The Labute approximate surface area is 902 Å². The number of carbonyl (C=O) groups is 5. The van der Waals surface area contributed by atoms with E-state index in [1.807, 2.05) is 131 Å². The number of ether oxygens (including phenoxy) is 4. The van der Waals surface area contributed by atoms with Gasteiger partial charge < -0.3 is 64.1 Å². The lowest BCUT2D eigenvalue weighted by Crippen LogP contribution is -2.38. The average Bonchev–Trinajstić information content (AvgIpc) is 1.65. The molecule has 31 nitrogen and oxygen atoms in total. The molecule has 15 aromatic rings. The highest BCUT2D eigenvalue weighted by Gasteiger charge is 2.29. The van der Waals surface area contributed by atoms with E-state index in [2.05, 4.69) is 132 Å². The van der Waals surface area contributed by atoms with E-state index in [9.17, 15) is 24.0 Å². The van der Waals surface area contributed by atoms with Crippen molar-refractivity contribution in [2.75, 3.05) is 178 Å². The monoisotopic (exact) mass is 2160 g/mol. The highest BCUT2D eigenvalue weighted by Crippen LogP contribution is 2.38. The minimum atomic E-state index is -0.295. The maximum atomic E-state index is 12.9. The summed E-state index contributed by atoms with van der Waals surface area (Å²) in [5.41, 5.74) is 17.2. The van der Waals surface area contributed by atoms with Crippen LogP contribution in [0.2, 0.25) is 35.2 Å². The molecular formula is C111H127Cl7N22O9. The minimum Gasteiger partial charge on any atom is -0.379 e. The van der Waals surface area contributed by atoms with Crippen molar-refractivity contribution in [2.24, 2.45) is 0 Å². The van der Waals surface area contributed by atoms with Gasteiger partial charge in [0.05, 0.1) is 141 Å². The summed E-state index contributed by atoms with van der Waals surface area (Å²) < 4.78 is 31.8. The predicted molar refractivity (Wildman–Crippen MR) is 597 cm³/mol. The number of hydrogen-bond donors (Lipinski definition) is 5. The molecule has 15 heterocycles. The molecule has 5 aliphatic heterocycles. The summed E-state index contributed by atoms with van der Waals surface area (Å²) in [4.78, 5) is 98.7. The zero-order valence-corrected chi connectivity index (χ0v) is 90.8. The summed E-state index contributed by atoms with van der Waals surface area (Å²) >= 11 is 45.0. The van der Waals surface area contributed by atoms with Crippen molar-refractivity contribution < 1.29 is 42.9 Å².